The Balaban J connectivity index is 1.80. The van der Waals surface area contributed by atoms with Gasteiger partial charge in [-0.1, -0.05) is 6.42 Å². The van der Waals surface area contributed by atoms with E-state index in [0.717, 1.165) is 30.3 Å². The quantitative estimate of drug-likeness (QED) is 0.842. The first-order valence-electron chi connectivity index (χ1n) is 6.41. The molecule has 2 rings (SSSR count). The summed E-state index contributed by atoms with van der Waals surface area (Å²) in [4.78, 5) is 0. The second-order valence-electron chi connectivity index (χ2n) is 4.90. The van der Waals surface area contributed by atoms with Crippen LogP contribution in [0.5, 0.6) is 5.75 Å². The highest BCUT2D eigenvalue weighted by molar-refractivity contribution is 5.46. The lowest BCUT2D eigenvalue weighted by Gasteiger charge is -2.27. The van der Waals surface area contributed by atoms with Crippen molar-refractivity contribution in [2.24, 2.45) is 11.7 Å². The van der Waals surface area contributed by atoms with Crippen LogP contribution in [0.3, 0.4) is 0 Å². The molecule has 0 amide bonds. The predicted molar refractivity (Wildman–Crippen MR) is 71.4 cm³/mol. The Kier molecular flexibility index (Phi) is 4.26. The molecule has 0 saturated heterocycles. The van der Waals surface area contributed by atoms with E-state index in [1.165, 1.54) is 19.3 Å². The summed E-state index contributed by atoms with van der Waals surface area (Å²) in [6.07, 6.45) is 4.93. The van der Waals surface area contributed by atoms with Gasteiger partial charge in [0.15, 0.2) is 0 Å². The van der Waals surface area contributed by atoms with Crippen LogP contribution in [0.15, 0.2) is 24.3 Å². The number of ether oxygens (including phenoxy) is 1. The van der Waals surface area contributed by atoms with Gasteiger partial charge in [-0.15, -0.1) is 0 Å². The summed E-state index contributed by atoms with van der Waals surface area (Å²) >= 11 is 0. The average Bonchev–Trinajstić information content (AvgIpc) is 2.37. The minimum absolute atomic E-state index is 0.409. The van der Waals surface area contributed by atoms with Crippen molar-refractivity contribution >= 4 is 5.69 Å². The molecule has 1 aromatic carbocycles. The van der Waals surface area contributed by atoms with Gasteiger partial charge in [-0.2, -0.15) is 0 Å². The molecule has 0 aromatic heterocycles. The fourth-order valence-corrected chi connectivity index (χ4v) is 2.49. The van der Waals surface area contributed by atoms with Crippen LogP contribution in [-0.4, -0.2) is 19.7 Å². The fourth-order valence-electron chi connectivity index (χ4n) is 2.49. The number of anilines is 1. The Labute approximate surface area is 103 Å². The Morgan fingerprint density at radius 1 is 1.29 bits per heavy atom. The van der Waals surface area contributed by atoms with E-state index in [4.69, 9.17) is 10.5 Å². The van der Waals surface area contributed by atoms with Crippen molar-refractivity contribution < 1.29 is 4.74 Å². The second kappa shape index (κ2) is 5.92. The standard InChI is InChI=1S/C14H22N2O/c1-17-14-7-5-13(6-8-14)16-10-11-3-2-4-12(15)9-11/h5-8,11-12,16H,2-4,9-10,15H2,1H3. The number of hydrogen-bond acceptors (Lipinski definition) is 3. The zero-order valence-corrected chi connectivity index (χ0v) is 10.5. The number of hydrogen-bond donors (Lipinski definition) is 2. The van der Waals surface area contributed by atoms with Gasteiger partial charge in [-0.3, -0.25) is 0 Å². The molecule has 1 fully saturated rings. The molecule has 0 spiro atoms. The molecule has 3 heteroatoms. The molecule has 1 saturated carbocycles. The summed E-state index contributed by atoms with van der Waals surface area (Å²) in [6, 6.07) is 8.49. The van der Waals surface area contributed by atoms with E-state index in [1.54, 1.807) is 7.11 Å². The van der Waals surface area contributed by atoms with Crippen molar-refractivity contribution in [3.63, 3.8) is 0 Å². The lowest BCUT2D eigenvalue weighted by Crippen LogP contribution is -2.30. The molecule has 0 radical (unpaired) electrons. The van der Waals surface area contributed by atoms with E-state index < -0.39 is 0 Å². The molecule has 1 aliphatic carbocycles. The van der Waals surface area contributed by atoms with Gasteiger partial charge in [0.2, 0.25) is 0 Å². The van der Waals surface area contributed by atoms with E-state index in [-0.39, 0.29) is 0 Å². The lowest BCUT2D eigenvalue weighted by molar-refractivity contribution is 0.335. The Morgan fingerprint density at radius 3 is 2.71 bits per heavy atom. The molecule has 1 aromatic rings. The molecule has 17 heavy (non-hydrogen) atoms. The lowest BCUT2D eigenvalue weighted by atomic mass is 9.86. The Bertz CT molecular complexity index is 337. The highest BCUT2D eigenvalue weighted by atomic mass is 16.5. The molecule has 94 valence electrons. The molecule has 3 N–H and O–H groups in total. The van der Waals surface area contributed by atoms with Gasteiger partial charge in [-0.05, 0) is 49.4 Å². The molecule has 2 atom stereocenters. The van der Waals surface area contributed by atoms with Gasteiger partial charge in [0.25, 0.3) is 0 Å². The van der Waals surface area contributed by atoms with Crippen LogP contribution in [-0.2, 0) is 0 Å². The number of benzene rings is 1. The zero-order chi connectivity index (χ0) is 12.1. The van der Waals surface area contributed by atoms with Gasteiger partial charge in [0, 0.05) is 18.3 Å². The third-order valence-electron chi connectivity index (χ3n) is 3.51. The fraction of sp³-hybridized carbons (Fsp3) is 0.571. The molecular weight excluding hydrogens is 212 g/mol. The topological polar surface area (TPSA) is 47.3 Å². The maximum atomic E-state index is 5.99. The van der Waals surface area contributed by atoms with Crippen LogP contribution in [0.2, 0.25) is 0 Å². The second-order valence-corrected chi connectivity index (χ2v) is 4.90. The van der Waals surface area contributed by atoms with Crippen molar-refractivity contribution in [1.29, 1.82) is 0 Å². The highest BCUT2D eigenvalue weighted by Gasteiger charge is 2.18. The van der Waals surface area contributed by atoms with Crippen molar-refractivity contribution in [1.82, 2.24) is 0 Å². The van der Waals surface area contributed by atoms with Crippen LogP contribution >= 0.6 is 0 Å². The first-order valence-corrected chi connectivity index (χ1v) is 6.41. The van der Waals surface area contributed by atoms with Crippen LogP contribution in [0, 0.1) is 5.92 Å². The SMILES string of the molecule is COc1ccc(NCC2CCCC(N)C2)cc1. The van der Waals surface area contributed by atoms with Gasteiger partial charge in [-0.25, -0.2) is 0 Å². The van der Waals surface area contributed by atoms with Gasteiger partial charge in [0.05, 0.1) is 7.11 Å². The monoisotopic (exact) mass is 234 g/mol. The van der Waals surface area contributed by atoms with Crippen molar-refractivity contribution in [2.75, 3.05) is 19.0 Å². The smallest absolute Gasteiger partial charge is 0.119 e. The van der Waals surface area contributed by atoms with Gasteiger partial charge in [0.1, 0.15) is 5.75 Å². The third kappa shape index (κ3) is 3.63. The average molecular weight is 234 g/mol. The van der Waals surface area contributed by atoms with Crippen molar-refractivity contribution in [3.8, 4) is 5.75 Å². The summed E-state index contributed by atoms with van der Waals surface area (Å²) in [7, 11) is 1.69. The van der Waals surface area contributed by atoms with E-state index in [1.807, 2.05) is 12.1 Å². The number of nitrogens with two attached hydrogens (primary N) is 1. The molecule has 0 aliphatic heterocycles. The summed E-state index contributed by atoms with van der Waals surface area (Å²) in [5.41, 5.74) is 7.15. The first-order chi connectivity index (χ1) is 8.28. The Hall–Kier alpha value is -1.22. The maximum absolute atomic E-state index is 5.99. The zero-order valence-electron chi connectivity index (χ0n) is 10.5. The third-order valence-corrected chi connectivity index (χ3v) is 3.51. The Morgan fingerprint density at radius 2 is 2.06 bits per heavy atom. The molecule has 1 aliphatic rings. The van der Waals surface area contributed by atoms with E-state index in [2.05, 4.69) is 17.4 Å². The van der Waals surface area contributed by atoms with Crippen LogP contribution in [0.4, 0.5) is 5.69 Å². The number of rotatable bonds is 4. The van der Waals surface area contributed by atoms with Crippen LogP contribution < -0.4 is 15.8 Å². The van der Waals surface area contributed by atoms with Gasteiger partial charge >= 0.3 is 0 Å². The molecule has 0 heterocycles. The number of nitrogens with one attached hydrogen (secondary N) is 1. The normalized spacial score (nSPS) is 24.4. The minimum atomic E-state index is 0.409. The van der Waals surface area contributed by atoms with E-state index in [9.17, 15) is 0 Å². The van der Waals surface area contributed by atoms with Crippen molar-refractivity contribution in [2.45, 2.75) is 31.7 Å². The largest absolute Gasteiger partial charge is 0.497 e. The molecule has 3 nitrogen and oxygen atoms in total. The maximum Gasteiger partial charge on any atom is 0.119 e. The molecule has 0 bridgehead atoms. The van der Waals surface area contributed by atoms with Gasteiger partial charge < -0.3 is 15.8 Å². The predicted octanol–water partition coefficient (Wildman–Crippen LogP) is 2.62. The summed E-state index contributed by atoms with van der Waals surface area (Å²) in [6.45, 7) is 1.03. The molecule has 2 unspecified atom stereocenters. The van der Waals surface area contributed by atoms with E-state index in [0.29, 0.717) is 6.04 Å². The minimum Gasteiger partial charge on any atom is -0.497 e. The summed E-state index contributed by atoms with van der Waals surface area (Å²) in [5, 5.41) is 3.48. The summed E-state index contributed by atoms with van der Waals surface area (Å²) in [5.74, 6) is 1.62. The van der Waals surface area contributed by atoms with Crippen LogP contribution in [0.1, 0.15) is 25.7 Å². The first kappa shape index (κ1) is 12.2. The summed E-state index contributed by atoms with van der Waals surface area (Å²) < 4.78 is 5.13. The molecular formula is C14H22N2O. The van der Waals surface area contributed by atoms with Crippen molar-refractivity contribution in [3.05, 3.63) is 24.3 Å². The van der Waals surface area contributed by atoms with Crippen LogP contribution in [0.25, 0.3) is 0 Å². The van der Waals surface area contributed by atoms with E-state index >= 15 is 0 Å². The number of methoxy groups -OCH3 is 1. The highest BCUT2D eigenvalue weighted by Crippen LogP contribution is 2.24.